The molecule has 0 spiro atoms. The maximum atomic E-state index is 5.55. The third kappa shape index (κ3) is 4.84. The van der Waals surface area contributed by atoms with Crippen LogP contribution in [0, 0.1) is 0 Å². The van der Waals surface area contributed by atoms with E-state index < -0.39 is 0 Å². The van der Waals surface area contributed by atoms with Gasteiger partial charge in [0.1, 0.15) is 11.6 Å². The van der Waals surface area contributed by atoms with Gasteiger partial charge < -0.3 is 4.98 Å². The fourth-order valence-electron chi connectivity index (χ4n) is 8.28. The number of benzene rings is 6. The van der Waals surface area contributed by atoms with Crippen LogP contribution in [0.2, 0.25) is 0 Å². The molecule has 0 amide bonds. The normalized spacial score (nSPS) is 12.1. The van der Waals surface area contributed by atoms with Gasteiger partial charge in [-0.05, 0) is 83.1 Å². The van der Waals surface area contributed by atoms with Gasteiger partial charge in [0, 0.05) is 50.1 Å². The van der Waals surface area contributed by atoms with Gasteiger partial charge in [-0.25, -0.2) is 9.97 Å². The molecular weight excluding hydrogens is 647 g/mol. The van der Waals surface area contributed by atoms with Crippen LogP contribution in [-0.2, 0) is 0 Å². The smallest absolute Gasteiger partial charge is 0.147 e. The maximum Gasteiger partial charge on any atom is 0.147 e. The van der Waals surface area contributed by atoms with E-state index in [0.717, 1.165) is 61.6 Å². The summed E-state index contributed by atoms with van der Waals surface area (Å²) in [4.78, 5) is 14.2. The summed E-state index contributed by atoms with van der Waals surface area (Å²) < 4.78 is 4.68. The van der Waals surface area contributed by atoms with E-state index in [1.165, 1.54) is 38.2 Å². The fraction of sp³-hybridized carbons (Fsp3) is 0.125. The summed E-state index contributed by atoms with van der Waals surface area (Å²) in [5, 5.41) is 4.91. The van der Waals surface area contributed by atoms with Crippen molar-refractivity contribution in [1.29, 1.82) is 0 Å². The number of aromatic nitrogens is 5. The van der Waals surface area contributed by atoms with E-state index in [2.05, 4.69) is 175 Å². The van der Waals surface area contributed by atoms with Crippen LogP contribution in [0.3, 0.4) is 0 Å². The first-order valence-electron chi connectivity index (χ1n) is 18.6. The molecule has 4 aromatic heterocycles. The Kier molecular flexibility index (Phi) is 7.12. The molecule has 53 heavy (non-hydrogen) atoms. The first kappa shape index (κ1) is 31.3. The van der Waals surface area contributed by atoms with Gasteiger partial charge in [0.2, 0.25) is 0 Å². The average molecular weight is 686 g/mol. The Morgan fingerprint density at radius 3 is 2.15 bits per heavy atom. The summed E-state index contributed by atoms with van der Waals surface area (Å²) in [6, 6.07) is 50.1. The van der Waals surface area contributed by atoms with Gasteiger partial charge in [-0.2, -0.15) is 0 Å². The van der Waals surface area contributed by atoms with Crippen molar-refractivity contribution in [3.05, 3.63) is 157 Å². The summed E-state index contributed by atoms with van der Waals surface area (Å²) in [5.74, 6) is 2.59. The van der Waals surface area contributed by atoms with E-state index in [4.69, 9.17) is 9.97 Å². The van der Waals surface area contributed by atoms with Crippen LogP contribution in [0.1, 0.15) is 50.7 Å². The Labute approximate surface area is 308 Å². The highest BCUT2D eigenvalue weighted by Gasteiger charge is 2.23. The number of H-pyrrole nitrogens is 1. The number of imidazole rings is 1. The molecule has 0 saturated heterocycles. The summed E-state index contributed by atoms with van der Waals surface area (Å²) in [5.41, 5.74) is 13.7. The molecule has 10 aromatic rings. The number of nitrogens with zero attached hydrogens (tertiary/aromatic N) is 4. The lowest BCUT2D eigenvalue weighted by molar-refractivity contribution is 0.837. The molecule has 6 aromatic carbocycles. The first-order valence-corrected chi connectivity index (χ1v) is 18.6. The average Bonchev–Trinajstić information content (AvgIpc) is 3.87. The van der Waals surface area contributed by atoms with Crippen LogP contribution in [-0.4, -0.2) is 24.1 Å². The van der Waals surface area contributed by atoms with Crippen molar-refractivity contribution in [1.82, 2.24) is 24.1 Å². The van der Waals surface area contributed by atoms with Crippen LogP contribution in [0.5, 0.6) is 0 Å². The SMILES string of the molecule is CC(C)c1cc(C(C)C)c2c(c1)c1ccc(-c3cccc4c3nc(-c3cccc5c3[nH]c3ccccc35)n4-c3ccccc3)cc1n2-c1ccccn1. The van der Waals surface area contributed by atoms with Crippen molar-refractivity contribution in [3.63, 3.8) is 0 Å². The van der Waals surface area contributed by atoms with E-state index in [9.17, 15) is 0 Å². The number of fused-ring (bicyclic) bond motifs is 7. The molecule has 0 unspecified atom stereocenters. The number of hydrogen-bond donors (Lipinski definition) is 1. The minimum Gasteiger partial charge on any atom is -0.354 e. The van der Waals surface area contributed by atoms with E-state index in [-0.39, 0.29) is 0 Å². The quantitative estimate of drug-likeness (QED) is 0.189. The molecule has 0 aliphatic carbocycles. The van der Waals surface area contributed by atoms with Crippen molar-refractivity contribution in [3.8, 4) is 34.0 Å². The highest BCUT2D eigenvalue weighted by Crippen LogP contribution is 2.42. The number of para-hydroxylation sites is 4. The zero-order valence-corrected chi connectivity index (χ0v) is 30.3. The minimum atomic E-state index is 0.346. The maximum absolute atomic E-state index is 5.55. The number of hydrogen-bond acceptors (Lipinski definition) is 2. The van der Waals surface area contributed by atoms with Gasteiger partial charge in [-0.1, -0.05) is 113 Å². The molecule has 0 fully saturated rings. The zero-order valence-electron chi connectivity index (χ0n) is 30.3. The Hall–Kier alpha value is -6.46. The predicted molar refractivity (Wildman–Crippen MR) is 222 cm³/mol. The zero-order chi connectivity index (χ0) is 35.8. The number of rotatable bonds is 6. The molecular formula is C48H39N5. The van der Waals surface area contributed by atoms with E-state index in [1.54, 1.807) is 0 Å². The summed E-state index contributed by atoms with van der Waals surface area (Å²) in [6.45, 7) is 9.15. The molecule has 0 aliphatic heterocycles. The van der Waals surface area contributed by atoms with Crippen molar-refractivity contribution in [2.45, 2.75) is 39.5 Å². The van der Waals surface area contributed by atoms with Crippen molar-refractivity contribution in [2.75, 3.05) is 0 Å². The molecule has 1 N–H and O–H groups in total. The van der Waals surface area contributed by atoms with Crippen LogP contribution in [0.15, 0.2) is 146 Å². The summed E-state index contributed by atoms with van der Waals surface area (Å²) in [6.07, 6.45) is 1.89. The Bertz CT molecular complexity index is 3000. The van der Waals surface area contributed by atoms with Gasteiger partial charge in [0.05, 0.1) is 27.6 Å². The topological polar surface area (TPSA) is 51.4 Å². The van der Waals surface area contributed by atoms with Crippen LogP contribution in [0.4, 0.5) is 0 Å². The highest BCUT2D eigenvalue weighted by molar-refractivity contribution is 6.13. The molecule has 0 radical (unpaired) electrons. The molecule has 0 atom stereocenters. The Balaban J connectivity index is 1.27. The summed E-state index contributed by atoms with van der Waals surface area (Å²) in [7, 11) is 0. The molecule has 5 nitrogen and oxygen atoms in total. The third-order valence-corrected chi connectivity index (χ3v) is 10.9. The largest absolute Gasteiger partial charge is 0.354 e. The monoisotopic (exact) mass is 685 g/mol. The Morgan fingerprint density at radius 2 is 1.34 bits per heavy atom. The van der Waals surface area contributed by atoms with Crippen LogP contribution < -0.4 is 0 Å². The molecule has 0 aliphatic rings. The number of nitrogens with one attached hydrogen (secondary N) is 1. The van der Waals surface area contributed by atoms with E-state index in [0.29, 0.717) is 11.8 Å². The van der Waals surface area contributed by atoms with Crippen molar-refractivity contribution in [2.24, 2.45) is 0 Å². The van der Waals surface area contributed by atoms with Gasteiger partial charge in [-0.3, -0.25) is 9.13 Å². The standard InChI is InChI=1S/C48H39N5/c1-29(2)32-26-39(30(3)4)47-40(27-32)36-24-23-31(28-43(36)53(47)44-22-10-11-25-49-44)34-17-13-21-42-46(34)51-48(52(42)33-14-6-5-7-15-33)38-19-12-18-37-35-16-8-9-20-41(35)50-45(37)38/h5-30,50H,1-4H3. The second-order valence-electron chi connectivity index (χ2n) is 14.7. The molecule has 256 valence electrons. The van der Waals surface area contributed by atoms with Crippen LogP contribution in [0.25, 0.3) is 88.7 Å². The van der Waals surface area contributed by atoms with Gasteiger partial charge in [0.15, 0.2) is 0 Å². The second kappa shape index (κ2) is 12.1. The lowest BCUT2D eigenvalue weighted by Crippen LogP contribution is -2.01. The number of aromatic amines is 1. The second-order valence-corrected chi connectivity index (χ2v) is 14.7. The van der Waals surface area contributed by atoms with Gasteiger partial charge >= 0.3 is 0 Å². The highest BCUT2D eigenvalue weighted by atomic mass is 15.1. The molecule has 0 saturated carbocycles. The lowest BCUT2D eigenvalue weighted by Gasteiger charge is -2.16. The molecule has 5 heteroatoms. The van der Waals surface area contributed by atoms with Crippen LogP contribution >= 0.6 is 0 Å². The summed E-state index contributed by atoms with van der Waals surface area (Å²) >= 11 is 0. The van der Waals surface area contributed by atoms with Gasteiger partial charge in [-0.15, -0.1) is 0 Å². The van der Waals surface area contributed by atoms with Gasteiger partial charge in [0.25, 0.3) is 0 Å². The fourth-order valence-corrected chi connectivity index (χ4v) is 8.28. The lowest BCUT2D eigenvalue weighted by atomic mass is 9.92. The minimum absolute atomic E-state index is 0.346. The van der Waals surface area contributed by atoms with E-state index >= 15 is 0 Å². The van der Waals surface area contributed by atoms with Crippen molar-refractivity contribution < 1.29 is 0 Å². The third-order valence-electron chi connectivity index (χ3n) is 10.9. The Morgan fingerprint density at radius 1 is 0.566 bits per heavy atom. The van der Waals surface area contributed by atoms with Crippen molar-refractivity contribution >= 4 is 54.6 Å². The van der Waals surface area contributed by atoms with E-state index in [1.807, 2.05) is 12.3 Å². The predicted octanol–water partition coefficient (Wildman–Crippen LogP) is 12.7. The molecule has 10 rings (SSSR count). The molecule has 0 bridgehead atoms. The number of pyridine rings is 1. The first-order chi connectivity index (χ1) is 26.0. The molecule has 4 heterocycles.